The number of hydrogen-bond donors (Lipinski definition) is 1. The Labute approximate surface area is 202 Å². The molecule has 1 spiro atoms. The summed E-state index contributed by atoms with van der Waals surface area (Å²) in [5, 5.41) is 11.9. The molecule has 176 valence electrons. The number of aliphatic hydroxyl groups excluding tert-OH is 1. The highest BCUT2D eigenvalue weighted by Crippen LogP contribution is 2.53. The van der Waals surface area contributed by atoms with Crippen LogP contribution in [0.1, 0.15) is 37.3 Å². The maximum absolute atomic E-state index is 14.2. The number of hydrogen-bond acceptors (Lipinski definition) is 5. The SMILES string of the molecule is CCCN1C(=O)C2(C(=C(O)c3ccc(Cl)cc3)C(=O)C(=O)N2CC2CCCO2)c2ccccc21. The molecule has 1 N–H and O–H groups in total. The van der Waals surface area contributed by atoms with Crippen LogP contribution in [0.15, 0.2) is 54.1 Å². The van der Waals surface area contributed by atoms with Crippen LogP contribution in [0.5, 0.6) is 0 Å². The van der Waals surface area contributed by atoms with Crippen molar-refractivity contribution < 1.29 is 24.2 Å². The molecule has 3 heterocycles. The lowest BCUT2D eigenvalue weighted by atomic mass is 9.81. The van der Waals surface area contributed by atoms with Gasteiger partial charge in [0.05, 0.1) is 17.4 Å². The Balaban J connectivity index is 1.79. The summed E-state index contributed by atoms with van der Waals surface area (Å²) in [5.74, 6) is -2.51. The number of rotatable bonds is 5. The molecule has 8 heteroatoms. The van der Waals surface area contributed by atoms with Gasteiger partial charge in [0.2, 0.25) is 0 Å². The second-order valence-corrected chi connectivity index (χ2v) is 9.23. The number of nitrogens with zero attached hydrogens (tertiary/aromatic N) is 2. The van der Waals surface area contributed by atoms with Crippen molar-refractivity contribution in [3.63, 3.8) is 0 Å². The fraction of sp³-hybridized carbons (Fsp3) is 0.346. The summed E-state index contributed by atoms with van der Waals surface area (Å²) >= 11 is 6.01. The molecular formula is C26H25ClN2O5. The summed E-state index contributed by atoms with van der Waals surface area (Å²) < 4.78 is 5.77. The first-order chi connectivity index (χ1) is 16.4. The van der Waals surface area contributed by atoms with E-state index in [1.165, 1.54) is 4.90 Å². The molecule has 3 aliphatic rings. The third-order valence-corrected chi connectivity index (χ3v) is 7.04. The Hall–Kier alpha value is -3.16. The quantitative estimate of drug-likeness (QED) is 0.399. The maximum atomic E-state index is 14.2. The molecule has 2 unspecified atom stereocenters. The van der Waals surface area contributed by atoms with E-state index in [9.17, 15) is 19.5 Å². The number of amides is 2. The van der Waals surface area contributed by atoms with Gasteiger partial charge >= 0.3 is 0 Å². The molecule has 34 heavy (non-hydrogen) atoms. The van der Waals surface area contributed by atoms with Crippen molar-refractivity contribution in [1.29, 1.82) is 0 Å². The van der Waals surface area contributed by atoms with Gasteiger partial charge in [-0.1, -0.05) is 36.7 Å². The molecule has 0 aromatic heterocycles. The minimum absolute atomic E-state index is 0.0853. The first kappa shape index (κ1) is 22.6. The number of carbonyl (C=O) groups is 3. The lowest BCUT2D eigenvalue weighted by Gasteiger charge is -2.35. The van der Waals surface area contributed by atoms with Crippen LogP contribution >= 0.6 is 11.6 Å². The molecule has 2 aromatic rings. The van der Waals surface area contributed by atoms with E-state index in [4.69, 9.17) is 16.3 Å². The molecule has 2 amide bonds. The summed E-state index contributed by atoms with van der Waals surface area (Å²) in [6.45, 7) is 3.03. The van der Waals surface area contributed by atoms with Gasteiger partial charge in [-0.15, -0.1) is 0 Å². The first-order valence-electron chi connectivity index (χ1n) is 11.5. The molecule has 0 aliphatic carbocycles. The van der Waals surface area contributed by atoms with Gasteiger partial charge < -0.3 is 19.6 Å². The van der Waals surface area contributed by atoms with Crippen molar-refractivity contribution in [3.05, 3.63) is 70.3 Å². The molecule has 0 saturated carbocycles. The number of likely N-dealkylation sites (tertiary alicyclic amines) is 1. The number of ketones is 1. The zero-order chi connectivity index (χ0) is 24.0. The van der Waals surface area contributed by atoms with Crippen molar-refractivity contribution >= 4 is 40.6 Å². The van der Waals surface area contributed by atoms with Gasteiger partial charge in [0.25, 0.3) is 17.6 Å². The van der Waals surface area contributed by atoms with E-state index in [2.05, 4.69) is 0 Å². The van der Waals surface area contributed by atoms with Gasteiger partial charge in [-0.25, -0.2) is 0 Å². The Morgan fingerprint density at radius 3 is 2.56 bits per heavy atom. The topological polar surface area (TPSA) is 87.2 Å². The van der Waals surface area contributed by atoms with Gasteiger partial charge in [-0.3, -0.25) is 14.4 Å². The number of fused-ring (bicyclic) bond motifs is 2. The molecule has 5 rings (SSSR count). The van der Waals surface area contributed by atoms with Crippen LogP contribution in [0, 0.1) is 0 Å². The number of benzene rings is 2. The van der Waals surface area contributed by atoms with Crippen LogP contribution in [0.25, 0.3) is 5.76 Å². The minimum atomic E-state index is -1.75. The zero-order valence-electron chi connectivity index (χ0n) is 18.8. The van der Waals surface area contributed by atoms with Crippen molar-refractivity contribution in [2.75, 3.05) is 24.6 Å². The molecule has 7 nitrogen and oxygen atoms in total. The van der Waals surface area contributed by atoms with Gasteiger partial charge in [0.1, 0.15) is 5.76 Å². The molecule has 0 radical (unpaired) electrons. The average Bonchev–Trinajstić information content (AvgIpc) is 3.49. The molecule has 2 aromatic carbocycles. The molecule has 2 atom stereocenters. The predicted molar refractivity (Wildman–Crippen MR) is 127 cm³/mol. The number of anilines is 1. The van der Waals surface area contributed by atoms with E-state index >= 15 is 0 Å². The Morgan fingerprint density at radius 2 is 1.88 bits per heavy atom. The summed E-state index contributed by atoms with van der Waals surface area (Å²) in [6.07, 6.45) is 1.97. The minimum Gasteiger partial charge on any atom is -0.507 e. The van der Waals surface area contributed by atoms with E-state index in [1.54, 1.807) is 41.3 Å². The number of aliphatic hydroxyl groups is 1. The van der Waals surface area contributed by atoms with E-state index in [0.717, 1.165) is 12.8 Å². The highest BCUT2D eigenvalue weighted by molar-refractivity contribution is 6.50. The zero-order valence-corrected chi connectivity index (χ0v) is 19.5. The predicted octanol–water partition coefficient (Wildman–Crippen LogP) is 3.85. The van der Waals surface area contributed by atoms with Crippen LogP contribution in [0.4, 0.5) is 5.69 Å². The smallest absolute Gasteiger partial charge is 0.296 e. The van der Waals surface area contributed by atoms with Gasteiger partial charge in [-0.2, -0.15) is 0 Å². The van der Waals surface area contributed by atoms with Crippen molar-refractivity contribution in [2.45, 2.75) is 37.8 Å². The third-order valence-electron chi connectivity index (χ3n) is 6.78. The second kappa shape index (κ2) is 8.56. The Morgan fingerprint density at radius 1 is 1.15 bits per heavy atom. The number of halogens is 1. The Kier molecular flexibility index (Phi) is 5.70. The largest absolute Gasteiger partial charge is 0.507 e. The van der Waals surface area contributed by atoms with Crippen molar-refractivity contribution in [2.24, 2.45) is 0 Å². The van der Waals surface area contributed by atoms with Crippen molar-refractivity contribution in [3.8, 4) is 0 Å². The third kappa shape index (κ3) is 3.18. The standard InChI is InChI=1S/C26H25ClN2O5/c1-2-13-28-20-8-4-3-7-19(20)26(25(28)33)21(22(30)16-9-11-17(27)12-10-16)23(31)24(32)29(26)15-18-6-5-14-34-18/h3-4,7-12,18,30H,2,5-6,13-15H2,1H3. The van der Waals surface area contributed by atoms with Crippen LogP contribution in [0.3, 0.4) is 0 Å². The number of ether oxygens (including phenoxy) is 1. The summed E-state index contributed by atoms with van der Waals surface area (Å²) in [4.78, 5) is 44.1. The molecular weight excluding hydrogens is 456 g/mol. The fourth-order valence-electron chi connectivity index (χ4n) is 5.31. The first-order valence-corrected chi connectivity index (χ1v) is 11.9. The summed E-state index contributed by atoms with van der Waals surface area (Å²) in [6, 6.07) is 13.5. The lowest BCUT2D eigenvalue weighted by Crippen LogP contribution is -2.53. The van der Waals surface area contributed by atoms with E-state index in [1.807, 2.05) is 19.1 Å². The molecule has 2 saturated heterocycles. The number of Topliss-reactive ketones (excluding diaryl/α,β-unsaturated/α-hetero) is 1. The van der Waals surface area contributed by atoms with E-state index < -0.39 is 28.9 Å². The van der Waals surface area contributed by atoms with Crippen LogP contribution in [-0.4, -0.2) is 53.4 Å². The van der Waals surface area contributed by atoms with Crippen LogP contribution in [-0.2, 0) is 24.7 Å². The van der Waals surface area contributed by atoms with Gasteiger partial charge in [0, 0.05) is 35.8 Å². The average molecular weight is 481 g/mol. The molecule has 2 fully saturated rings. The van der Waals surface area contributed by atoms with Crippen LogP contribution < -0.4 is 4.90 Å². The highest BCUT2D eigenvalue weighted by atomic mass is 35.5. The Bertz CT molecular complexity index is 1200. The van der Waals surface area contributed by atoms with E-state index in [0.29, 0.717) is 41.4 Å². The normalized spacial score (nSPS) is 25.6. The fourth-order valence-corrected chi connectivity index (χ4v) is 5.43. The van der Waals surface area contributed by atoms with Gasteiger partial charge in [0.15, 0.2) is 5.54 Å². The molecule has 0 bridgehead atoms. The van der Waals surface area contributed by atoms with Gasteiger partial charge in [-0.05, 0) is 49.6 Å². The molecule has 3 aliphatic heterocycles. The number of para-hydroxylation sites is 1. The summed E-state index contributed by atoms with van der Waals surface area (Å²) in [5.41, 5.74) is -0.515. The van der Waals surface area contributed by atoms with Crippen LogP contribution in [0.2, 0.25) is 5.02 Å². The highest BCUT2D eigenvalue weighted by Gasteiger charge is 2.67. The van der Waals surface area contributed by atoms with E-state index in [-0.39, 0.29) is 18.2 Å². The summed E-state index contributed by atoms with van der Waals surface area (Å²) in [7, 11) is 0. The lowest BCUT2D eigenvalue weighted by molar-refractivity contribution is -0.145. The monoisotopic (exact) mass is 480 g/mol. The number of carbonyl (C=O) groups excluding carboxylic acids is 3. The maximum Gasteiger partial charge on any atom is 0.296 e. The van der Waals surface area contributed by atoms with Crippen molar-refractivity contribution in [1.82, 2.24) is 4.90 Å². The second-order valence-electron chi connectivity index (χ2n) is 8.79.